The third-order valence-corrected chi connectivity index (χ3v) is 2.41. The molecule has 0 bridgehead atoms. The second kappa shape index (κ2) is 3.55. The van der Waals surface area contributed by atoms with Crippen LogP contribution in [0.2, 0.25) is 0 Å². The molecule has 12 heavy (non-hydrogen) atoms. The van der Waals surface area contributed by atoms with Crippen LogP contribution in [0.5, 0.6) is 0 Å². The summed E-state index contributed by atoms with van der Waals surface area (Å²) in [5, 5.41) is 0. The monoisotopic (exact) mass is 162 g/mol. The Balaban J connectivity index is 3.03. The van der Waals surface area contributed by atoms with Crippen LogP contribution in [0, 0.1) is 0 Å². The Morgan fingerprint density at radius 1 is 1.33 bits per heavy atom. The zero-order valence-electron chi connectivity index (χ0n) is 7.83. The molecule has 0 radical (unpaired) electrons. The largest absolute Gasteiger partial charge is 0.268 e. The normalized spacial score (nSPS) is 15.2. The van der Waals surface area contributed by atoms with Crippen LogP contribution in [0.25, 0.3) is 0 Å². The molecule has 1 aromatic carbocycles. The van der Waals surface area contributed by atoms with Gasteiger partial charge in [-0.1, -0.05) is 18.2 Å². The van der Waals surface area contributed by atoms with Crippen LogP contribution in [-0.2, 0) is 0 Å². The summed E-state index contributed by atoms with van der Waals surface area (Å²) in [6.45, 7) is 7.05. The molecule has 1 rings (SSSR count). The smallest absolute Gasteiger partial charge is 0.137 e. The van der Waals surface area contributed by atoms with E-state index in [9.17, 15) is 0 Å². The van der Waals surface area contributed by atoms with Crippen molar-refractivity contribution in [3.05, 3.63) is 43.1 Å². The first-order chi connectivity index (χ1) is 5.73. The minimum absolute atomic E-state index is 0.792. The van der Waals surface area contributed by atoms with Gasteiger partial charge < -0.3 is 0 Å². The van der Waals surface area contributed by atoms with Crippen molar-refractivity contribution in [2.45, 2.75) is 6.92 Å². The van der Waals surface area contributed by atoms with Gasteiger partial charge in [-0.15, -0.1) is 0 Å². The van der Waals surface area contributed by atoms with Crippen LogP contribution in [0.3, 0.4) is 0 Å². The Hall–Kier alpha value is -1.08. The fourth-order valence-corrected chi connectivity index (χ4v) is 1.19. The summed E-state index contributed by atoms with van der Waals surface area (Å²) in [5.41, 5.74) is 1.29. The Labute approximate surface area is 74.5 Å². The van der Waals surface area contributed by atoms with E-state index in [1.165, 1.54) is 5.69 Å². The first-order valence-corrected chi connectivity index (χ1v) is 4.27. The molecule has 0 aliphatic carbocycles. The molecule has 64 valence electrons. The Bertz CT molecular complexity index is 253. The summed E-state index contributed by atoms with van der Waals surface area (Å²) < 4.78 is 0.792. The number of hydrogen-bond donors (Lipinski definition) is 0. The molecular formula is C11H16N+. The summed E-state index contributed by atoms with van der Waals surface area (Å²) in [4.78, 5) is 0. The van der Waals surface area contributed by atoms with E-state index < -0.39 is 0 Å². The van der Waals surface area contributed by atoms with Crippen molar-refractivity contribution in [2.75, 3.05) is 13.6 Å². The minimum Gasteiger partial charge on any atom is -0.268 e. The fraction of sp³-hybridized carbons (Fsp3) is 0.273. The maximum atomic E-state index is 3.85. The van der Waals surface area contributed by atoms with Gasteiger partial charge >= 0.3 is 0 Å². The van der Waals surface area contributed by atoms with Gasteiger partial charge in [-0.25, -0.2) is 0 Å². The number of para-hydroxylation sites is 1. The zero-order valence-corrected chi connectivity index (χ0v) is 7.83. The van der Waals surface area contributed by atoms with Crippen molar-refractivity contribution < 1.29 is 0 Å². The standard InChI is InChI=1S/C11H16N/c1-4-12(3,5-2)11-9-7-6-8-10-11/h4,6-10H,1,5H2,2-3H3/q+1. The lowest BCUT2D eigenvalue weighted by Gasteiger charge is -2.27. The predicted octanol–water partition coefficient (Wildman–Crippen LogP) is 2.79. The maximum absolute atomic E-state index is 3.85. The van der Waals surface area contributed by atoms with Gasteiger partial charge in [0.05, 0.1) is 19.8 Å². The molecular weight excluding hydrogens is 146 g/mol. The van der Waals surface area contributed by atoms with Crippen LogP contribution in [0.15, 0.2) is 43.1 Å². The van der Waals surface area contributed by atoms with Gasteiger partial charge in [0.2, 0.25) is 0 Å². The molecule has 0 N–H and O–H groups in total. The summed E-state index contributed by atoms with van der Waals surface area (Å²) >= 11 is 0. The average Bonchev–Trinajstić information content (AvgIpc) is 2.18. The molecule has 1 atom stereocenters. The molecule has 0 fully saturated rings. The van der Waals surface area contributed by atoms with Crippen LogP contribution < -0.4 is 4.48 Å². The zero-order chi connectivity index (χ0) is 9.03. The molecule has 0 amide bonds. The number of nitrogens with zero attached hydrogens (tertiary/aromatic N) is 1. The van der Waals surface area contributed by atoms with Crippen molar-refractivity contribution >= 4 is 5.69 Å². The van der Waals surface area contributed by atoms with E-state index in [-0.39, 0.29) is 0 Å². The van der Waals surface area contributed by atoms with Crippen molar-refractivity contribution in [1.82, 2.24) is 4.48 Å². The number of benzene rings is 1. The third kappa shape index (κ3) is 1.56. The predicted molar refractivity (Wildman–Crippen MR) is 54.9 cm³/mol. The lowest BCUT2D eigenvalue weighted by Crippen LogP contribution is -2.38. The molecule has 1 nitrogen and oxygen atoms in total. The van der Waals surface area contributed by atoms with E-state index in [4.69, 9.17) is 0 Å². The van der Waals surface area contributed by atoms with Gasteiger partial charge in [0.25, 0.3) is 0 Å². The molecule has 1 aromatic rings. The molecule has 0 aliphatic heterocycles. The Kier molecular flexibility index (Phi) is 2.66. The second-order valence-electron chi connectivity index (χ2n) is 3.10. The first-order valence-electron chi connectivity index (χ1n) is 4.27. The topological polar surface area (TPSA) is 0 Å². The number of quaternary nitrogens is 1. The van der Waals surface area contributed by atoms with Crippen LogP contribution >= 0.6 is 0 Å². The van der Waals surface area contributed by atoms with Gasteiger partial charge in [-0.05, 0) is 25.6 Å². The SMILES string of the molecule is C=C[N+](C)(CC)c1ccccc1. The van der Waals surface area contributed by atoms with Crippen LogP contribution in [0.4, 0.5) is 5.69 Å². The van der Waals surface area contributed by atoms with Crippen LogP contribution in [-0.4, -0.2) is 13.6 Å². The summed E-state index contributed by atoms with van der Waals surface area (Å²) in [6, 6.07) is 10.4. The number of hydrogen-bond acceptors (Lipinski definition) is 0. The lowest BCUT2D eigenvalue weighted by molar-refractivity contribution is 0.469. The molecule has 1 unspecified atom stereocenters. The van der Waals surface area contributed by atoms with Gasteiger partial charge in [-0.3, -0.25) is 4.48 Å². The lowest BCUT2D eigenvalue weighted by atomic mass is 10.2. The molecule has 0 saturated carbocycles. The molecule has 1 heteroatoms. The highest BCUT2D eigenvalue weighted by Crippen LogP contribution is 2.19. The van der Waals surface area contributed by atoms with E-state index in [1.807, 2.05) is 12.3 Å². The molecule has 0 aromatic heterocycles. The fourth-order valence-electron chi connectivity index (χ4n) is 1.19. The Morgan fingerprint density at radius 3 is 2.33 bits per heavy atom. The molecule has 0 saturated heterocycles. The van der Waals surface area contributed by atoms with Gasteiger partial charge in [0.1, 0.15) is 5.69 Å². The van der Waals surface area contributed by atoms with E-state index in [0.717, 1.165) is 11.0 Å². The highest BCUT2D eigenvalue weighted by Gasteiger charge is 2.17. The molecule has 0 heterocycles. The first kappa shape index (κ1) is 9.01. The van der Waals surface area contributed by atoms with Gasteiger partial charge in [0.15, 0.2) is 0 Å². The summed E-state index contributed by atoms with van der Waals surface area (Å²) in [7, 11) is 2.16. The summed E-state index contributed by atoms with van der Waals surface area (Å²) in [5.74, 6) is 0. The quantitative estimate of drug-likeness (QED) is 0.599. The average molecular weight is 162 g/mol. The van der Waals surface area contributed by atoms with Gasteiger partial charge in [0, 0.05) is 0 Å². The van der Waals surface area contributed by atoms with E-state index in [2.05, 4.69) is 44.8 Å². The van der Waals surface area contributed by atoms with E-state index in [1.54, 1.807) is 0 Å². The van der Waals surface area contributed by atoms with Crippen molar-refractivity contribution in [2.24, 2.45) is 0 Å². The van der Waals surface area contributed by atoms with Crippen molar-refractivity contribution in [1.29, 1.82) is 0 Å². The van der Waals surface area contributed by atoms with Crippen LogP contribution in [0.1, 0.15) is 6.92 Å². The summed E-state index contributed by atoms with van der Waals surface area (Å²) in [6.07, 6.45) is 1.97. The van der Waals surface area contributed by atoms with E-state index >= 15 is 0 Å². The third-order valence-electron chi connectivity index (χ3n) is 2.41. The highest BCUT2D eigenvalue weighted by atomic mass is 15.3. The highest BCUT2D eigenvalue weighted by molar-refractivity contribution is 5.43. The van der Waals surface area contributed by atoms with Crippen molar-refractivity contribution in [3.8, 4) is 0 Å². The van der Waals surface area contributed by atoms with Crippen molar-refractivity contribution in [3.63, 3.8) is 0 Å². The maximum Gasteiger partial charge on any atom is 0.137 e. The Morgan fingerprint density at radius 2 is 1.92 bits per heavy atom. The molecule has 0 aliphatic rings. The van der Waals surface area contributed by atoms with Gasteiger partial charge in [-0.2, -0.15) is 0 Å². The number of rotatable bonds is 3. The molecule has 0 spiro atoms. The second-order valence-corrected chi connectivity index (χ2v) is 3.10. The minimum atomic E-state index is 0.792. The van der Waals surface area contributed by atoms with E-state index in [0.29, 0.717) is 0 Å².